The van der Waals surface area contributed by atoms with Crippen molar-refractivity contribution < 1.29 is 0 Å². The molecule has 0 spiro atoms. The lowest BCUT2D eigenvalue weighted by Gasteiger charge is -2.37. The summed E-state index contributed by atoms with van der Waals surface area (Å²) in [6.07, 6.45) is 2.27. The van der Waals surface area contributed by atoms with Gasteiger partial charge >= 0.3 is 0 Å². The number of fused-ring (bicyclic) bond motifs is 1. The maximum Gasteiger partial charge on any atom is 0.0648 e. The highest BCUT2D eigenvalue weighted by atomic mass is 15.2. The Bertz CT molecular complexity index is 607. The molecule has 0 saturated heterocycles. The Labute approximate surface area is 113 Å². The number of nitrogens with two attached hydrogens (primary N) is 2. The van der Waals surface area contributed by atoms with Crippen LogP contribution < -0.4 is 16.4 Å². The minimum atomic E-state index is 0.445. The maximum atomic E-state index is 6.15. The summed E-state index contributed by atoms with van der Waals surface area (Å²) in [6, 6.07) is 14.7. The molecule has 0 amide bonds. The number of aryl methyl sites for hydroxylation is 1. The summed E-state index contributed by atoms with van der Waals surface area (Å²) in [5, 5.41) is 0. The van der Waals surface area contributed by atoms with Gasteiger partial charge < -0.3 is 16.4 Å². The predicted molar refractivity (Wildman–Crippen MR) is 81.6 cm³/mol. The second-order valence-corrected chi connectivity index (χ2v) is 5.20. The monoisotopic (exact) mass is 253 g/mol. The maximum absolute atomic E-state index is 6.15. The number of anilines is 4. The topological polar surface area (TPSA) is 55.3 Å². The molecule has 2 aromatic carbocycles. The first-order valence-corrected chi connectivity index (χ1v) is 6.69. The molecule has 2 aromatic rings. The summed E-state index contributed by atoms with van der Waals surface area (Å²) >= 11 is 0. The zero-order valence-electron chi connectivity index (χ0n) is 11.1. The van der Waals surface area contributed by atoms with E-state index in [1.165, 1.54) is 11.3 Å². The van der Waals surface area contributed by atoms with Gasteiger partial charge in [0.1, 0.15) is 0 Å². The fourth-order valence-corrected chi connectivity index (χ4v) is 2.85. The standard InChI is InChI=1S/C16H19N3/c1-11-6-7-12-4-2-3-5-15(12)19(11)16-9-8-13(17)10-14(16)18/h2-5,8-11H,6-7,17-18H2,1H3. The molecule has 1 aliphatic rings. The van der Waals surface area contributed by atoms with Crippen LogP contribution in [0, 0.1) is 0 Å². The van der Waals surface area contributed by atoms with Crippen LogP contribution in [0.25, 0.3) is 0 Å². The summed E-state index contributed by atoms with van der Waals surface area (Å²) in [7, 11) is 0. The van der Waals surface area contributed by atoms with E-state index >= 15 is 0 Å². The lowest BCUT2D eigenvalue weighted by molar-refractivity contribution is 0.618. The van der Waals surface area contributed by atoms with Crippen molar-refractivity contribution >= 4 is 22.7 Å². The highest BCUT2D eigenvalue weighted by Crippen LogP contribution is 2.39. The third-order valence-electron chi connectivity index (χ3n) is 3.83. The van der Waals surface area contributed by atoms with Gasteiger partial charge in [0.25, 0.3) is 0 Å². The Kier molecular flexibility index (Phi) is 2.82. The smallest absolute Gasteiger partial charge is 0.0648 e. The predicted octanol–water partition coefficient (Wildman–Crippen LogP) is 3.32. The Balaban J connectivity index is 2.13. The van der Waals surface area contributed by atoms with Crippen LogP contribution in [-0.2, 0) is 6.42 Å². The van der Waals surface area contributed by atoms with Crippen LogP contribution in [0.2, 0.25) is 0 Å². The van der Waals surface area contributed by atoms with Crippen LogP contribution in [-0.4, -0.2) is 6.04 Å². The lowest BCUT2D eigenvalue weighted by Crippen LogP contribution is -2.33. The first kappa shape index (κ1) is 11.9. The molecule has 0 radical (unpaired) electrons. The van der Waals surface area contributed by atoms with E-state index in [1.54, 1.807) is 0 Å². The van der Waals surface area contributed by atoms with Gasteiger partial charge in [0.2, 0.25) is 0 Å². The van der Waals surface area contributed by atoms with Crippen LogP contribution >= 0.6 is 0 Å². The number of hydrogen-bond donors (Lipinski definition) is 2. The summed E-state index contributed by atoms with van der Waals surface area (Å²) in [4.78, 5) is 2.33. The van der Waals surface area contributed by atoms with E-state index in [4.69, 9.17) is 11.5 Å². The van der Waals surface area contributed by atoms with Gasteiger partial charge in [0.05, 0.1) is 11.4 Å². The van der Waals surface area contributed by atoms with Crippen LogP contribution in [0.4, 0.5) is 22.7 Å². The first-order chi connectivity index (χ1) is 9.16. The lowest BCUT2D eigenvalue weighted by atomic mass is 9.95. The molecular weight excluding hydrogens is 234 g/mol. The van der Waals surface area contributed by atoms with Gasteiger partial charge in [-0.05, 0) is 49.6 Å². The second-order valence-electron chi connectivity index (χ2n) is 5.20. The van der Waals surface area contributed by atoms with Crippen molar-refractivity contribution in [3.8, 4) is 0 Å². The number of nitrogen functional groups attached to an aromatic ring is 2. The average molecular weight is 253 g/mol. The molecule has 1 heterocycles. The summed E-state index contributed by atoms with van der Waals surface area (Å²) in [5.41, 5.74) is 17.1. The second kappa shape index (κ2) is 4.50. The third kappa shape index (κ3) is 2.01. The van der Waals surface area contributed by atoms with E-state index in [-0.39, 0.29) is 0 Å². The Morgan fingerprint density at radius 3 is 2.63 bits per heavy atom. The van der Waals surface area contributed by atoms with Gasteiger partial charge in [-0.3, -0.25) is 0 Å². The van der Waals surface area contributed by atoms with Crippen molar-refractivity contribution in [2.24, 2.45) is 0 Å². The summed E-state index contributed by atoms with van der Waals surface area (Å²) in [6.45, 7) is 2.24. The molecule has 0 saturated carbocycles. The van der Waals surface area contributed by atoms with E-state index in [0.717, 1.165) is 24.2 Å². The van der Waals surface area contributed by atoms with Crippen molar-refractivity contribution in [1.29, 1.82) is 0 Å². The number of rotatable bonds is 1. The average Bonchev–Trinajstić information content (AvgIpc) is 2.40. The molecule has 0 bridgehead atoms. The van der Waals surface area contributed by atoms with Gasteiger partial charge in [-0.2, -0.15) is 0 Å². The molecular formula is C16H19N3. The van der Waals surface area contributed by atoms with E-state index in [0.29, 0.717) is 11.7 Å². The quantitative estimate of drug-likeness (QED) is 0.766. The highest BCUT2D eigenvalue weighted by Gasteiger charge is 2.25. The Morgan fingerprint density at radius 2 is 1.84 bits per heavy atom. The molecule has 1 atom stereocenters. The van der Waals surface area contributed by atoms with Gasteiger partial charge in [0, 0.05) is 17.4 Å². The minimum absolute atomic E-state index is 0.445. The van der Waals surface area contributed by atoms with Crippen LogP contribution in [0.15, 0.2) is 42.5 Å². The van der Waals surface area contributed by atoms with Crippen molar-refractivity contribution in [3.63, 3.8) is 0 Å². The molecule has 0 aliphatic carbocycles. The molecule has 1 unspecified atom stereocenters. The van der Waals surface area contributed by atoms with Crippen molar-refractivity contribution in [2.75, 3.05) is 16.4 Å². The van der Waals surface area contributed by atoms with E-state index in [9.17, 15) is 0 Å². The van der Waals surface area contributed by atoms with Crippen LogP contribution in [0.1, 0.15) is 18.9 Å². The third-order valence-corrected chi connectivity index (χ3v) is 3.83. The zero-order valence-corrected chi connectivity index (χ0v) is 11.1. The summed E-state index contributed by atoms with van der Waals surface area (Å²) in [5.74, 6) is 0. The molecule has 0 aromatic heterocycles. The molecule has 0 fully saturated rings. The first-order valence-electron chi connectivity index (χ1n) is 6.69. The number of para-hydroxylation sites is 1. The molecule has 19 heavy (non-hydrogen) atoms. The zero-order chi connectivity index (χ0) is 13.4. The van der Waals surface area contributed by atoms with Gasteiger partial charge in [-0.15, -0.1) is 0 Å². The van der Waals surface area contributed by atoms with Crippen molar-refractivity contribution in [2.45, 2.75) is 25.8 Å². The Morgan fingerprint density at radius 1 is 1.05 bits per heavy atom. The largest absolute Gasteiger partial charge is 0.399 e. The van der Waals surface area contributed by atoms with Gasteiger partial charge in [-0.25, -0.2) is 0 Å². The molecule has 4 N–H and O–H groups in total. The van der Waals surface area contributed by atoms with Crippen molar-refractivity contribution in [1.82, 2.24) is 0 Å². The molecule has 3 nitrogen and oxygen atoms in total. The molecule has 98 valence electrons. The van der Waals surface area contributed by atoms with E-state index < -0.39 is 0 Å². The Hall–Kier alpha value is -2.16. The fraction of sp³-hybridized carbons (Fsp3) is 0.250. The number of benzene rings is 2. The normalized spacial score (nSPS) is 18.2. The van der Waals surface area contributed by atoms with Crippen LogP contribution in [0.5, 0.6) is 0 Å². The van der Waals surface area contributed by atoms with Crippen LogP contribution in [0.3, 0.4) is 0 Å². The number of hydrogen-bond acceptors (Lipinski definition) is 3. The van der Waals surface area contributed by atoms with Gasteiger partial charge in [-0.1, -0.05) is 18.2 Å². The molecule has 1 aliphatic heterocycles. The number of nitrogens with zero attached hydrogens (tertiary/aromatic N) is 1. The van der Waals surface area contributed by atoms with E-state index in [2.05, 4.69) is 36.1 Å². The summed E-state index contributed by atoms with van der Waals surface area (Å²) < 4.78 is 0. The highest BCUT2D eigenvalue weighted by molar-refractivity contribution is 5.79. The fourth-order valence-electron chi connectivity index (χ4n) is 2.85. The van der Waals surface area contributed by atoms with E-state index in [1.807, 2.05) is 18.2 Å². The molecule has 3 rings (SSSR count). The molecule has 3 heteroatoms. The minimum Gasteiger partial charge on any atom is -0.399 e. The van der Waals surface area contributed by atoms with Gasteiger partial charge in [0.15, 0.2) is 0 Å². The SMILES string of the molecule is CC1CCc2ccccc2N1c1ccc(N)cc1N. The van der Waals surface area contributed by atoms with Crippen molar-refractivity contribution in [3.05, 3.63) is 48.0 Å².